The van der Waals surface area contributed by atoms with E-state index in [9.17, 15) is 9.59 Å². The molecule has 3 nitrogen and oxygen atoms in total. The molecule has 1 aliphatic heterocycles. The van der Waals surface area contributed by atoms with E-state index in [0.717, 1.165) is 11.1 Å². The summed E-state index contributed by atoms with van der Waals surface area (Å²) in [7, 11) is 0. The van der Waals surface area contributed by atoms with E-state index >= 15 is 0 Å². The van der Waals surface area contributed by atoms with Crippen LogP contribution in [0.4, 0.5) is 5.69 Å². The molecule has 5 rings (SSSR count). The Morgan fingerprint density at radius 1 is 0.759 bits per heavy atom. The minimum absolute atomic E-state index is 0.173. The topological polar surface area (TPSA) is 37.4 Å². The lowest BCUT2D eigenvalue weighted by molar-refractivity contribution is -0.123. The van der Waals surface area contributed by atoms with Crippen molar-refractivity contribution in [2.75, 3.05) is 4.90 Å². The predicted molar refractivity (Wildman–Crippen MR) is 114 cm³/mol. The molecule has 0 radical (unpaired) electrons. The van der Waals surface area contributed by atoms with Crippen LogP contribution in [0.1, 0.15) is 24.0 Å². The van der Waals surface area contributed by atoms with Gasteiger partial charge in [-0.3, -0.25) is 9.59 Å². The highest BCUT2D eigenvalue weighted by atomic mass is 35.5. The number of hydrogen-bond acceptors (Lipinski definition) is 2. The summed E-state index contributed by atoms with van der Waals surface area (Å²) >= 11 is 12.2. The summed E-state index contributed by atoms with van der Waals surface area (Å²) in [4.78, 5) is 28.0. The fraction of sp³-hybridized carbons (Fsp3) is 0.167. The van der Waals surface area contributed by atoms with Gasteiger partial charge in [-0.15, -0.1) is 0 Å². The second-order valence-corrected chi connectivity index (χ2v) is 8.52. The largest absolute Gasteiger partial charge is 0.274 e. The van der Waals surface area contributed by atoms with Gasteiger partial charge in [0.2, 0.25) is 11.8 Å². The highest BCUT2D eigenvalue weighted by molar-refractivity contribution is 6.42. The Kier molecular flexibility index (Phi) is 4.09. The fourth-order valence-electron chi connectivity index (χ4n) is 4.87. The maximum Gasteiger partial charge on any atom is 0.241 e. The zero-order valence-corrected chi connectivity index (χ0v) is 17.0. The molecule has 2 aliphatic rings. The first kappa shape index (κ1) is 18.4. The summed E-state index contributed by atoms with van der Waals surface area (Å²) in [6, 6.07) is 24.8. The van der Waals surface area contributed by atoms with Crippen LogP contribution < -0.4 is 4.90 Å². The average Bonchev–Trinajstić information content (AvgIpc) is 3.35. The van der Waals surface area contributed by atoms with Crippen molar-refractivity contribution >= 4 is 40.7 Å². The molecule has 144 valence electrons. The van der Waals surface area contributed by atoms with Crippen molar-refractivity contribution in [2.45, 2.75) is 18.3 Å². The van der Waals surface area contributed by atoms with Crippen molar-refractivity contribution in [1.82, 2.24) is 0 Å². The first-order valence-corrected chi connectivity index (χ1v) is 10.2. The number of halogens is 2. The van der Waals surface area contributed by atoms with Crippen LogP contribution >= 0.6 is 23.2 Å². The van der Waals surface area contributed by atoms with Gasteiger partial charge in [-0.2, -0.15) is 0 Å². The molecule has 3 aromatic carbocycles. The Hall–Kier alpha value is -2.62. The lowest BCUT2D eigenvalue weighted by atomic mass is 9.79. The lowest BCUT2D eigenvalue weighted by Gasteiger charge is -2.23. The summed E-state index contributed by atoms with van der Waals surface area (Å²) in [5.41, 5.74) is 1.30. The third kappa shape index (κ3) is 2.51. The average molecular weight is 422 g/mol. The van der Waals surface area contributed by atoms with Crippen LogP contribution in [0.5, 0.6) is 0 Å². The summed E-state index contributed by atoms with van der Waals surface area (Å²) < 4.78 is 0. The molecule has 1 spiro atoms. The number of imide groups is 1. The third-order valence-electron chi connectivity index (χ3n) is 6.27. The molecule has 0 aromatic heterocycles. The molecule has 1 saturated carbocycles. The number of nitrogens with zero attached hydrogens (tertiary/aromatic N) is 1. The molecule has 1 atom stereocenters. The normalized spacial score (nSPS) is 22.3. The number of carbonyl (C=O) groups excluding carboxylic acids is 2. The summed E-state index contributed by atoms with van der Waals surface area (Å²) in [5.74, 6) is -0.379. The van der Waals surface area contributed by atoms with Crippen molar-refractivity contribution in [1.29, 1.82) is 0 Å². The van der Waals surface area contributed by atoms with E-state index in [1.807, 2.05) is 60.7 Å². The molecular formula is C24H17Cl2NO2. The van der Waals surface area contributed by atoms with Gasteiger partial charge in [0.15, 0.2) is 0 Å². The molecule has 1 saturated heterocycles. The van der Waals surface area contributed by atoms with Crippen molar-refractivity contribution in [3.63, 3.8) is 0 Å². The van der Waals surface area contributed by atoms with Crippen LogP contribution in [0.2, 0.25) is 10.0 Å². The second-order valence-electron chi connectivity index (χ2n) is 7.71. The van der Waals surface area contributed by atoms with Crippen LogP contribution in [0.15, 0.2) is 78.9 Å². The molecule has 3 aromatic rings. The number of amides is 2. The van der Waals surface area contributed by atoms with Crippen LogP contribution in [0, 0.1) is 5.41 Å². The van der Waals surface area contributed by atoms with Crippen molar-refractivity contribution in [2.24, 2.45) is 5.41 Å². The lowest BCUT2D eigenvalue weighted by Crippen LogP contribution is -2.33. The summed E-state index contributed by atoms with van der Waals surface area (Å²) in [5, 5.41) is 0.706. The molecule has 29 heavy (non-hydrogen) atoms. The fourth-order valence-corrected chi connectivity index (χ4v) is 5.17. The van der Waals surface area contributed by atoms with Crippen LogP contribution in [0.3, 0.4) is 0 Å². The van der Waals surface area contributed by atoms with E-state index in [0.29, 0.717) is 22.2 Å². The molecule has 1 unspecified atom stereocenters. The van der Waals surface area contributed by atoms with Crippen molar-refractivity contribution in [3.05, 3.63) is 100 Å². The number of anilines is 1. The van der Waals surface area contributed by atoms with E-state index in [1.165, 1.54) is 4.90 Å². The number of benzene rings is 3. The molecule has 2 amide bonds. The van der Waals surface area contributed by atoms with Gasteiger partial charge in [-0.05, 0) is 35.7 Å². The quantitative estimate of drug-likeness (QED) is 0.513. The Bertz CT molecular complexity index is 1090. The smallest absolute Gasteiger partial charge is 0.241 e. The Balaban J connectivity index is 1.63. The Morgan fingerprint density at radius 3 is 1.90 bits per heavy atom. The Labute approximate surface area is 178 Å². The summed E-state index contributed by atoms with van der Waals surface area (Å²) in [6.45, 7) is 0. The van der Waals surface area contributed by atoms with Crippen LogP contribution in [-0.2, 0) is 15.0 Å². The van der Waals surface area contributed by atoms with Gasteiger partial charge in [-0.25, -0.2) is 4.90 Å². The molecule has 0 bridgehead atoms. The number of rotatable bonds is 3. The highest BCUT2D eigenvalue weighted by Gasteiger charge is 2.77. The first-order valence-electron chi connectivity index (χ1n) is 9.43. The van der Waals surface area contributed by atoms with Gasteiger partial charge in [0, 0.05) is 11.8 Å². The number of hydrogen-bond donors (Lipinski definition) is 0. The molecular weight excluding hydrogens is 405 g/mol. The minimum atomic E-state index is -0.779. The van der Waals surface area contributed by atoms with E-state index in [4.69, 9.17) is 23.2 Å². The molecule has 5 heteroatoms. The molecule has 1 aliphatic carbocycles. The second kappa shape index (κ2) is 6.45. The van der Waals surface area contributed by atoms with Gasteiger partial charge < -0.3 is 0 Å². The molecule has 2 fully saturated rings. The SMILES string of the molecule is O=C1CC2(CC2(c2ccccc2)c2ccccc2)C(=O)N1c1ccc(Cl)c(Cl)c1. The maximum atomic E-state index is 13.7. The monoisotopic (exact) mass is 421 g/mol. The zero-order valence-electron chi connectivity index (χ0n) is 15.4. The maximum absolute atomic E-state index is 13.7. The van der Waals surface area contributed by atoms with Crippen molar-refractivity contribution in [3.8, 4) is 0 Å². The van der Waals surface area contributed by atoms with Gasteiger partial charge in [0.25, 0.3) is 0 Å². The highest BCUT2D eigenvalue weighted by Crippen LogP contribution is 2.72. The van der Waals surface area contributed by atoms with Gasteiger partial charge >= 0.3 is 0 Å². The van der Waals surface area contributed by atoms with E-state index in [1.54, 1.807) is 18.2 Å². The molecule has 1 heterocycles. The predicted octanol–water partition coefficient (Wildman–Crippen LogP) is 5.63. The van der Waals surface area contributed by atoms with E-state index < -0.39 is 10.8 Å². The molecule has 0 N–H and O–H groups in total. The van der Waals surface area contributed by atoms with Crippen LogP contribution in [0.25, 0.3) is 0 Å². The van der Waals surface area contributed by atoms with E-state index in [2.05, 4.69) is 0 Å². The standard InChI is InChI=1S/C24H17Cl2NO2/c25-19-12-11-18(13-20(19)26)27-21(28)14-23(22(27)29)15-24(23,16-7-3-1-4-8-16)17-9-5-2-6-10-17/h1-13H,14-15H2. The van der Waals surface area contributed by atoms with Gasteiger partial charge in [0.1, 0.15) is 0 Å². The van der Waals surface area contributed by atoms with Crippen molar-refractivity contribution < 1.29 is 9.59 Å². The summed E-state index contributed by atoms with van der Waals surface area (Å²) in [6.07, 6.45) is 0.784. The minimum Gasteiger partial charge on any atom is -0.274 e. The van der Waals surface area contributed by atoms with Gasteiger partial charge in [0.05, 0.1) is 21.1 Å². The van der Waals surface area contributed by atoms with Gasteiger partial charge in [-0.1, -0.05) is 83.9 Å². The first-order chi connectivity index (χ1) is 14.0. The third-order valence-corrected chi connectivity index (χ3v) is 7.01. The van der Waals surface area contributed by atoms with E-state index in [-0.39, 0.29) is 18.2 Å². The zero-order chi connectivity index (χ0) is 20.2. The number of carbonyl (C=O) groups is 2. The Morgan fingerprint density at radius 2 is 1.34 bits per heavy atom. The van der Waals surface area contributed by atoms with Crippen LogP contribution in [-0.4, -0.2) is 11.8 Å².